The number of aryl methyl sites for hydroxylation is 3. The summed E-state index contributed by atoms with van der Waals surface area (Å²) < 4.78 is 7.62. The van der Waals surface area contributed by atoms with Gasteiger partial charge in [-0.3, -0.25) is 14.3 Å². The largest absolute Gasteiger partial charge is 0.379 e. The molecule has 1 aliphatic carbocycles. The SMILES string of the molecule is Cc1ccc(C)c(-n2c(C)nnc2SCC(=O)NCC2(N3CCOCC3)CCCCC2)c1. The minimum absolute atomic E-state index is 0.0568. The normalized spacial score (nSPS) is 19.1. The van der Waals surface area contributed by atoms with Gasteiger partial charge in [0.25, 0.3) is 0 Å². The summed E-state index contributed by atoms with van der Waals surface area (Å²) in [6.45, 7) is 10.3. The van der Waals surface area contributed by atoms with Crippen LogP contribution in [0.25, 0.3) is 5.69 Å². The van der Waals surface area contributed by atoms with Crippen molar-refractivity contribution in [1.82, 2.24) is 25.0 Å². The third-order valence-corrected chi connectivity index (χ3v) is 7.74. The van der Waals surface area contributed by atoms with E-state index in [0.29, 0.717) is 5.75 Å². The maximum Gasteiger partial charge on any atom is 0.230 e. The number of hydrogen-bond acceptors (Lipinski definition) is 6. The van der Waals surface area contributed by atoms with Crippen LogP contribution in [0.3, 0.4) is 0 Å². The Hall–Kier alpha value is -1.90. The predicted octanol–water partition coefficient (Wildman–Crippen LogP) is 3.44. The second-order valence-electron chi connectivity index (χ2n) is 9.10. The Balaban J connectivity index is 1.39. The summed E-state index contributed by atoms with van der Waals surface area (Å²) in [7, 11) is 0. The Morgan fingerprint density at radius 1 is 1.12 bits per heavy atom. The molecule has 1 aromatic heterocycles. The number of hydrogen-bond donors (Lipinski definition) is 1. The zero-order valence-corrected chi connectivity index (χ0v) is 20.3. The molecule has 7 nitrogen and oxygen atoms in total. The molecular weight excluding hydrogens is 422 g/mol. The number of aromatic nitrogens is 3. The van der Waals surface area contributed by atoms with Crippen molar-refractivity contribution in [2.45, 2.75) is 63.6 Å². The molecule has 4 rings (SSSR count). The standard InChI is InChI=1S/C24H35N5O2S/c1-18-7-8-19(2)21(15-18)29-20(3)26-27-23(29)32-16-22(30)25-17-24(9-5-4-6-10-24)28-11-13-31-14-12-28/h7-8,15H,4-6,9-14,16-17H2,1-3H3,(H,25,30). The van der Waals surface area contributed by atoms with Crippen molar-refractivity contribution < 1.29 is 9.53 Å². The smallest absolute Gasteiger partial charge is 0.230 e. The van der Waals surface area contributed by atoms with Gasteiger partial charge in [-0.2, -0.15) is 0 Å². The van der Waals surface area contributed by atoms with E-state index in [4.69, 9.17) is 4.74 Å². The highest BCUT2D eigenvalue weighted by Gasteiger charge is 2.38. The molecule has 1 N–H and O–H groups in total. The van der Waals surface area contributed by atoms with Gasteiger partial charge < -0.3 is 10.1 Å². The lowest BCUT2D eigenvalue weighted by Crippen LogP contribution is -2.59. The molecule has 0 radical (unpaired) electrons. The first-order valence-electron chi connectivity index (χ1n) is 11.7. The van der Waals surface area contributed by atoms with Gasteiger partial charge >= 0.3 is 0 Å². The van der Waals surface area contributed by atoms with Gasteiger partial charge in [0.05, 0.1) is 24.7 Å². The van der Waals surface area contributed by atoms with Crippen LogP contribution in [0.2, 0.25) is 0 Å². The van der Waals surface area contributed by atoms with Crippen molar-refractivity contribution >= 4 is 17.7 Å². The van der Waals surface area contributed by atoms with Gasteiger partial charge in [-0.25, -0.2) is 0 Å². The van der Waals surface area contributed by atoms with Crippen molar-refractivity contribution in [3.05, 3.63) is 35.2 Å². The van der Waals surface area contributed by atoms with E-state index in [0.717, 1.165) is 67.9 Å². The molecular formula is C24H35N5O2S. The van der Waals surface area contributed by atoms with Crippen LogP contribution in [-0.4, -0.2) is 69.7 Å². The molecule has 174 valence electrons. The van der Waals surface area contributed by atoms with E-state index in [1.807, 2.05) is 6.92 Å². The van der Waals surface area contributed by atoms with Crippen LogP contribution < -0.4 is 5.32 Å². The first kappa shape index (κ1) is 23.3. The molecule has 1 amide bonds. The molecule has 2 aliphatic rings. The van der Waals surface area contributed by atoms with E-state index in [2.05, 4.69) is 57.0 Å². The van der Waals surface area contributed by atoms with Gasteiger partial charge in [0.15, 0.2) is 5.16 Å². The molecule has 0 atom stereocenters. The van der Waals surface area contributed by atoms with Crippen molar-refractivity contribution in [2.75, 3.05) is 38.6 Å². The molecule has 1 aliphatic heterocycles. The van der Waals surface area contributed by atoms with E-state index in [1.54, 1.807) is 0 Å². The number of nitrogens with zero attached hydrogens (tertiary/aromatic N) is 4. The number of thioether (sulfide) groups is 1. The molecule has 0 spiro atoms. The minimum atomic E-state index is 0.0568. The Labute approximate surface area is 195 Å². The summed E-state index contributed by atoms with van der Waals surface area (Å²) in [5.74, 6) is 1.22. The number of benzene rings is 1. The molecule has 1 saturated carbocycles. The van der Waals surface area contributed by atoms with Crippen LogP contribution in [0.1, 0.15) is 49.1 Å². The fraction of sp³-hybridized carbons (Fsp3) is 0.625. The lowest BCUT2D eigenvalue weighted by atomic mass is 9.79. The highest BCUT2D eigenvalue weighted by Crippen LogP contribution is 2.34. The molecule has 2 fully saturated rings. The van der Waals surface area contributed by atoms with E-state index in [-0.39, 0.29) is 11.4 Å². The Morgan fingerprint density at radius 3 is 2.62 bits per heavy atom. The quantitative estimate of drug-likeness (QED) is 0.642. The molecule has 2 aromatic rings. The number of nitrogens with one attached hydrogen (secondary N) is 1. The highest BCUT2D eigenvalue weighted by atomic mass is 32.2. The Kier molecular flexibility index (Phi) is 7.53. The number of carbonyl (C=O) groups excluding carboxylic acids is 1. The summed E-state index contributed by atoms with van der Waals surface area (Å²) in [5, 5.41) is 12.6. The lowest BCUT2D eigenvalue weighted by molar-refractivity contribution is -0.119. The molecule has 1 saturated heterocycles. The summed E-state index contributed by atoms with van der Waals surface area (Å²) in [6.07, 6.45) is 6.07. The summed E-state index contributed by atoms with van der Waals surface area (Å²) in [6, 6.07) is 6.36. The van der Waals surface area contributed by atoms with Crippen LogP contribution in [0.4, 0.5) is 0 Å². The minimum Gasteiger partial charge on any atom is -0.379 e. The van der Waals surface area contributed by atoms with E-state index in [9.17, 15) is 4.79 Å². The maximum absolute atomic E-state index is 12.8. The molecule has 0 unspecified atom stereocenters. The molecule has 0 bridgehead atoms. The average molecular weight is 458 g/mol. The van der Waals surface area contributed by atoms with Gasteiger partial charge in [0.1, 0.15) is 5.82 Å². The zero-order valence-electron chi connectivity index (χ0n) is 19.5. The van der Waals surface area contributed by atoms with Crippen LogP contribution in [0, 0.1) is 20.8 Å². The molecule has 2 heterocycles. The first-order valence-corrected chi connectivity index (χ1v) is 12.7. The first-order chi connectivity index (χ1) is 15.5. The fourth-order valence-electron chi connectivity index (χ4n) is 4.97. The van der Waals surface area contributed by atoms with Crippen molar-refractivity contribution in [2.24, 2.45) is 0 Å². The second-order valence-corrected chi connectivity index (χ2v) is 10.0. The van der Waals surface area contributed by atoms with Crippen molar-refractivity contribution in [1.29, 1.82) is 0 Å². The Morgan fingerprint density at radius 2 is 1.88 bits per heavy atom. The number of amides is 1. The van der Waals surface area contributed by atoms with Gasteiger partial charge in [-0.15, -0.1) is 10.2 Å². The number of morpholine rings is 1. The van der Waals surface area contributed by atoms with E-state index in [1.165, 1.54) is 36.6 Å². The summed E-state index contributed by atoms with van der Waals surface area (Å²) in [4.78, 5) is 15.4. The molecule has 1 aromatic carbocycles. The third kappa shape index (κ3) is 5.18. The van der Waals surface area contributed by atoms with Crippen molar-refractivity contribution in [3.63, 3.8) is 0 Å². The zero-order chi connectivity index (χ0) is 22.6. The maximum atomic E-state index is 12.8. The van der Waals surface area contributed by atoms with Crippen LogP contribution in [0.5, 0.6) is 0 Å². The number of carbonyl (C=O) groups is 1. The Bertz CT molecular complexity index is 932. The van der Waals surface area contributed by atoms with Crippen LogP contribution >= 0.6 is 11.8 Å². The topological polar surface area (TPSA) is 72.3 Å². The molecule has 8 heteroatoms. The van der Waals surface area contributed by atoms with Gasteiger partial charge in [-0.1, -0.05) is 43.2 Å². The van der Waals surface area contributed by atoms with Gasteiger partial charge in [0.2, 0.25) is 5.91 Å². The predicted molar refractivity (Wildman–Crippen MR) is 128 cm³/mol. The van der Waals surface area contributed by atoms with Gasteiger partial charge in [-0.05, 0) is 50.8 Å². The second kappa shape index (κ2) is 10.4. The van der Waals surface area contributed by atoms with Crippen LogP contribution in [0.15, 0.2) is 23.4 Å². The van der Waals surface area contributed by atoms with Gasteiger partial charge in [0, 0.05) is 25.2 Å². The fourth-order valence-corrected chi connectivity index (χ4v) is 5.79. The number of ether oxygens (including phenoxy) is 1. The monoisotopic (exact) mass is 457 g/mol. The number of rotatable bonds is 7. The highest BCUT2D eigenvalue weighted by molar-refractivity contribution is 7.99. The van der Waals surface area contributed by atoms with E-state index < -0.39 is 0 Å². The summed E-state index contributed by atoms with van der Waals surface area (Å²) >= 11 is 1.45. The third-order valence-electron chi connectivity index (χ3n) is 6.81. The summed E-state index contributed by atoms with van der Waals surface area (Å²) in [5.41, 5.74) is 3.50. The molecule has 32 heavy (non-hydrogen) atoms. The van der Waals surface area contributed by atoms with Crippen molar-refractivity contribution in [3.8, 4) is 5.69 Å². The van der Waals surface area contributed by atoms with Crippen LogP contribution in [-0.2, 0) is 9.53 Å². The van der Waals surface area contributed by atoms with E-state index >= 15 is 0 Å². The average Bonchev–Trinajstić information content (AvgIpc) is 3.19. The lowest BCUT2D eigenvalue weighted by Gasteiger charge is -2.48.